The van der Waals surface area contributed by atoms with Crippen LogP contribution in [0.5, 0.6) is 11.5 Å². The molecule has 6 rings (SSSR count). The minimum atomic E-state index is -0.308. The van der Waals surface area contributed by atoms with Gasteiger partial charge in [-0.3, -0.25) is 0 Å². The fourth-order valence-corrected chi connectivity index (χ4v) is 5.36. The molecule has 0 radical (unpaired) electrons. The van der Waals surface area contributed by atoms with Crippen LogP contribution in [0.4, 0.5) is 5.95 Å². The van der Waals surface area contributed by atoms with Crippen LogP contribution in [0.25, 0.3) is 5.70 Å². The number of halogens is 1. The van der Waals surface area contributed by atoms with Crippen molar-refractivity contribution in [2.75, 3.05) is 18.7 Å². The van der Waals surface area contributed by atoms with Gasteiger partial charge in [-0.1, -0.05) is 64.1 Å². The highest BCUT2D eigenvalue weighted by Crippen LogP contribution is 2.51. The molecule has 2 aliphatic rings. The summed E-state index contributed by atoms with van der Waals surface area (Å²) in [7, 11) is 1.68. The molecule has 0 amide bonds. The van der Waals surface area contributed by atoms with Crippen molar-refractivity contribution in [3.63, 3.8) is 0 Å². The van der Waals surface area contributed by atoms with E-state index in [1.807, 2.05) is 53.4 Å². The Bertz CT molecular complexity index is 1420. The second-order valence-corrected chi connectivity index (χ2v) is 9.74. The number of para-hydroxylation sites is 1. The van der Waals surface area contributed by atoms with E-state index in [2.05, 4.69) is 51.6 Å². The Labute approximate surface area is 210 Å². The Balaban J connectivity index is 1.62. The van der Waals surface area contributed by atoms with Crippen LogP contribution in [0.2, 0.25) is 0 Å². The quantitative estimate of drug-likeness (QED) is 0.310. The Morgan fingerprint density at radius 2 is 1.85 bits per heavy atom. The topological polar surface area (TPSA) is 61.2 Å². The molecule has 6 nitrogen and oxygen atoms in total. The van der Waals surface area contributed by atoms with Gasteiger partial charge in [-0.25, -0.2) is 4.68 Å². The molecule has 2 atom stereocenters. The number of anilines is 1. The number of methoxy groups -OCH3 is 1. The number of thioether (sulfide) groups is 1. The van der Waals surface area contributed by atoms with Crippen LogP contribution in [0, 0.1) is 0 Å². The van der Waals surface area contributed by atoms with Gasteiger partial charge < -0.3 is 14.8 Å². The van der Waals surface area contributed by atoms with Gasteiger partial charge in [-0.2, -0.15) is 4.98 Å². The molecule has 0 saturated heterocycles. The third-order valence-corrected chi connectivity index (χ3v) is 7.16. The first-order valence-corrected chi connectivity index (χ1v) is 12.8. The Hall–Kier alpha value is -3.23. The lowest BCUT2D eigenvalue weighted by Gasteiger charge is -2.39. The summed E-state index contributed by atoms with van der Waals surface area (Å²) in [6, 6.07) is 24.3. The number of hydrogen-bond donors (Lipinski definition) is 1. The predicted molar refractivity (Wildman–Crippen MR) is 137 cm³/mol. The highest BCUT2D eigenvalue weighted by molar-refractivity contribution is 9.10. The second kappa shape index (κ2) is 8.52. The molecule has 3 heterocycles. The standard InChI is InChI=1S/C26H21BrN4O2S/c1-32-18-12-10-15(11-13-18)23-21-22(28-25-29-26(34-2)30-31(23)25)19-8-3-4-9-20(19)33-24(21)16-6-5-7-17(27)14-16/h3-14,23-24H,1-2H3,(H,28,29,30)/t23-,24-/m0/s1. The van der Waals surface area contributed by atoms with Crippen molar-refractivity contribution in [2.45, 2.75) is 17.3 Å². The van der Waals surface area contributed by atoms with E-state index in [4.69, 9.17) is 19.6 Å². The summed E-state index contributed by atoms with van der Waals surface area (Å²) in [5.41, 5.74) is 5.26. The van der Waals surface area contributed by atoms with E-state index >= 15 is 0 Å². The maximum Gasteiger partial charge on any atom is 0.227 e. The lowest BCUT2D eigenvalue weighted by Crippen LogP contribution is -2.32. The zero-order chi connectivity index (χ0) is 23.2. The van der Waals surface area contributed by atoms with Crippen molar-refractivity contribution in [3.8, 4) is 11.5 Å². The smallest absolute Gasteiger partial charge is 0.227 e. The van der Waals surface area contributed by atoms with Crippen molar-refractivity contribution >= 4 is 39.3 Å². The highest BCUT2D eigenvalue weighted by atomic mass is 79.9. The third-order valence-electron chi connectivity index (χ3n) is 6.13. The van der Waals surface area contributed by atoms with Gasteiger partial charge in [0, 0.05) is 15.6 Å². The van der Waals surface area contributed by atoms with E-state index in [1.165, 1.54) is 11.8 Å². The number of benzene rings is 3. The fourth-order valence-electron chi connectivity index (χ4n) is 4.60. The SMILES string of the molecule is COc1ccc([C@H]2C3=C(Nc4nc(SC)nn42)c2ccccc2O[C@H]3c2cccc(Br)c2)cc1. The van der Waals surface area contributed by atoms with Gasteiger partial charge in [0.05, 0.1) is 12.8 Å². The van der Waals surface area contributed by atoms with Gasteiger partial charge in [0.25, 0.3) is 0 Å². The second-order valence-electron chi connectivity index (χ2n) is 8.05. The fraction of sp³-hybridized carbons (Fsp3) is 0.154. The van der Waals surface area contributed by atoms with E-state index < -0.39 is 0 Å². The van der Waals surface area contributed by atoms with Crippen LogP contribution in [-0.2, 0) is 0 Å². The normalized spacial score (nSPS) is 18.3. The van der Waals surface area contributed by atoms with Gasteiger partial charge >= 0.3 is 0 Å². The van der Waals surface area contributed by atoms with E-state index in [0.717, 1.165) is 43.9 Å². The number of fused-ring (bicyclic) bond motifs is 3. The van der Waals surface area contributed by atoms with E-state index in [9.17, 15) is 0 Å². The summed E-state index contributed by atoms with van der Waals surface area (Å²) in [5.74, 6) is 2.36. The molecule has 0 bridgehead atoms. The summed E-state index contributed by atoms with van der Waals surface area (Å²) < 4.78 is 15.1. The Morgan fingerprint density at radius 1 is 1.03 bits per heavy atom. The first-order valence-electron chi connectivity index (χ1n) is 10.8. The number of ether oxygens (including phenoxy) is 2. The van der Waals surface area contributed by atoms with Crippen molar-refractivity contribution in [1.82, 2.24) is 14.8 Å². The van der Waals surface area contributed by atoms with E-state index in [1.54, 1.807) is 7.11 Å². The van der Waals surface area contributed by atoms with Crippen LogP contribution >= 0.6 is 27.7 Å². The molecule has 4 aromatic rings. The van der Waals surface area contributed by atoms with Crippen molar-refractivity contribution < 1.29 is 9.47 Å². The molecule has 1 N–H and O–H groups in total. The van der Waals surface area contributed by atoms with Gasteiger partial charge in [-0.15, -0.1) is 5.10 Å². The molecule has 34 heavy (non-hydrogen) atoms. The largest absolute Gasteiger partial charge is 0.497 e. The average Bonchev–Trinajstić information content (AvgIpc) is 3.30. The van der Waals surface area contributed by atoms with Crippen LogP contribution in [0.3, 0.4) is 0 Å². The molecular formula is C26H21BrN4O2S. The zero-order valence-corrected chi connectivity index (χ0v) is 20.9. The van der Waals surface area contributed by atoms with Gasteiger partial charge in [-0.05, 0) is 53.8 Å². The molecular weight excluding hydrogens is 512 g/mol. The van der Waals surface area contributed by atoms with Crippen LogP contribution in [-0.4, -0.2) is 28.1 Å². The molecule has 0 saturated carbocycles. The van der Waals surface area contributed by atoms with Gasteiger partial charge in [0.1, 0.15) is 23.6 Å². The molecule has 0 unspecified atom stereocenters. The van der Waals surface area contributed by atoms with Crippen LogP contribution in [0.15, 0.2) is 88.0 Å². The predicted octanol–water partition coefficient (Wildman–Crippen LogP) is 6.33. The molecule has 0 spiro atoms. The number of aromatic nitrogens is 3. The maximum absolute atomic E-state index is 6.68. The first-order chi connectivity index (χ1) is 16.7. The average molecular weight is 533 g/mol. The molecule has 0 aliphatic carbocycles. The number of nitrogens with zero attached hydrogens (tertiary/aromatic N) is 3. The summed E-state index contributed by atoms with van der Waals surface area (Å²) in [6.45, 7) is 0. The molecule has 0 fully saturated rings. The summed E-state index contributed by atoms with van der Waals surface area (Å²) in [5, 5.41) is 9.14. The Morgan fingerprint density at radius 3 is 2.62 bits per heavy atom. The molecule has 2 aliphatic heterocycles. The van der Waals surface area contributed by atoms with Crippen molar-refractivity contribution in [1.29, 1.82) is 0 Å². The Kier molecular flexibility index (Phi) is 5.34. The number of hydrogen-bond acceptors (Lipinski definition) is 6. The third kappa shape index (κ3) is 3.49. The maximum atomic E-state index is 6.68. The lowest BCUT2D eigenvalue weighted by molar-refractivity contribution is 0.223. The van der Waals surface area contributed by atoms with Gasteiger partial charge in [0.2, 0.25) is 11.1 Å². The van der Waals surface area contributed by atoms with Gasteiger partial charge in [0.15, 0.2) is 0 Å². The lowest BCUT2D eigenvalue weighted by atomic mass is 9.84. The first kappa shape index (κ1) is 21.3. The number of nitrogens with one attached hydrogen (secondary N) is 1. The van der Waals surface area contributed by atoms with Crippen LogP contribution in [0.1, 0.15) is 28.8 Å². The number of rotatable bonds is 4. The van der Waals surface area contributed by atoms with Crippen molar-refractivity contribution in [2.24, 2.45) is 0 Å². The molecule has 8 heteroatoms. The van der Waals surface area contributed by atoms with Crippen LogP contribution < -0.4 is 14.8 Å². The van der Waals surface area contributed by atoms with E-state index in [0.29, 0.717) is 11.1 Å². The summed E-state index contributed by atoms with van der Waals surface area (Å²) >= 11 is 5.16. The van der Waals surface area contributed by atoms with E-state index in [-0.39, 0.29) is 12.1 Å². The summed E-state index contributed by atoms with van der Waals surface area (Å²) in [4.78, 5) is 4.75. The molecule has 1 aromatic heterocycles. The minimum absolute atomic E-state index is 0.206. The molecule has 170 valence electrons. The monoisotopic (exact) mass is 532 g/mol. The van der Waals surface area contributed by atoms with Crippen molar-refractivity contribution in [3.05, 3.63) is 99.5 Å². The highest BCUT2D eigenvalue weighted by Gasteiger charge is 2.41. The zero-order valence-electron chi connectivity index (χ0n) is 18.5. The minimum Gasteiger partial charge on any atom is -0.497 e. The molecule has 3 aromatic carbocycles. The summed E-state index contributed by atoms with van der Waals surface area (Å²) in [6.07, 6.45) is 1.68.